The first kappa shape index (κ1) is 20.8. The molecule has 0 saturated heterocycles. The fourth-order valence-electron chi connectivity index (χ4n) is 3.20. The van der Waals surface area contributed by atoms with E-state index in [-0.39, 0.29) is 17.2 Å². The number of sulfonamides is 1. The summed E-state index contributed by atoms with van der Waals surface area (Å²) in [4.78, 5) is 4.86. The summed E-state index contributed by atoms with van der Waals surface area (Å²) >= 11 is 0. The van der Waals surface area contributed by atoms with Crippen molar-refractivity contribution in [2.45, 2.75) is 18.7 Å². The number of hydrogen-bond donors (Lipinski definition) is 3. The molecule has 8 nitrogen and oxygen atoms in total. The van der Waals surface area contributed by atoms with Crippen molar-refractivity contribution in [1.29, 1.82) is 0 Å². The Hall–Kier alpha value is -3.43. The molecule has 0 spiro atoms. The SMILES string of the molecule is Cc1ccc(S(=O)(=O)NCCNc2cc(-c3ccccc3O)nc3c(C)cnn23)cc1. The number of rotatable bonds is 7. The first-order valence-electron chi connectivity index (χ1n) is 9.79. The van der Waals surface area contributed by atoms with Crippen molar-refractivity contribution in [3.8, 4) is 17.0 Å². The Bertz CT molecular complexity index is 1330. The number of nitrogens with one attached hydrogen (secondary N) is 2. The molecular weight excluding hydrogens is 414 g/mol. The third-order valence-electron chi connectivity index (χ3n) is 4.88. The standard InChI is InChI=1S/C22H23N5O3S/c1-15-7-9-17(10-8-15)31(29,30)25-12-11-23-21-13-19(18-5-3-4-6-20(18)28)26-22-16(2)14-24-27(21)22/h3-10,13-14,23,25,28H,11-12H2,1-2H3. The van der Waals surface area contributed by atoms with Crippen LogP contribution < -0.4 is 10.0 Å². The van der Waals surface area contributed by atoms with E-state index < -0.39 is 10.0 Å². The molecule has 0 atom stereocenters. The number of phenols is 1. The summed E-state index contributed by atoms with van der Waals surface area (Å²) < 4.78 is 29.2. The molecule has 0 unspecified atom stereocenters. The van der Waals surface area contributed by atoms with Gasteiger partial charge in [0.2, 0.25) is 10.0 Å². The number of hydrogen-bond acceptors (Lipinski definition) is 6. The lowest BCUT2D eigenvalue weighted by atomic mass is 10.1. The molecule has 2 aromatic carbocycles. The summed E-state index contributed by atoms with van der Waals surface area (Å²) in [6.07, 6.45) is 1.71. The van der Waals surface area contributed by atoms with Gasteiger partial charge in [-0.3, -0.25) is 0 Å². The zero-order valence-corrected chi connectivity index (χ0v) is 18.0. The maximum absolute atomic E-state index is 12.5. The van der Waals surface area contributed by atoms with Gasteiger partial charge in [0.15, 0.2) is 5.65 Å². The molecule has 31 heavy (non-hydrogen) atoms. The largest absolute Gasteiger partial charge is 0.507 e. The second-order valence-corrected chi connectivity index (χ2v) is 9.01. The molecule has 0 aliphatic heterocycles. The summed E-state index contributed by atoms with van der Waals surface area (Å²) in [5.74, 6) is 0.777. The summed E-state index contributed by atoms with van der Waals surface area (Å²) in [5.41, 5.74) is 3.74. The molecule has 0 fully saturated rings. The van der Waals surface area contributed by atoms with E-state index >= 15 is 0 Å². The Morgan fingerprint density at radius 1 is 1.03 bits per heavy atom. The molecule has 3 N–H and O–H groups in total. The highest BCUT2D eigenvalue weighted by molar-refractivity contribution is 7.89. The Balaban J connectivity index is 1.53. The van der Waals surface area contributed by atoms with E-state index in [4.69, 9.17) is 0 Å². The van der Waals surface area contributed by atoms with E-state index in [1.807, 2.05) is 19.9 Å². The highest BCUT2D eigenvalue weighted by Crippen LogP contribution is 2.29. The first-order chi connectivity index (χ1) is 14.8. The van der Waals surface area contributed by atoms with Gasteiger partial charge in [0.05, 0.1) is 16.8 Å². The molecule has 0 radical (unpaired) electrons. The lowest BCUT2D eigenvalue weighted by molar-refractivity contribution is 0.477. The zero-order valence-electron chi connectivity index (χ0n) is 17.2. The number of benzene rings is 2. The van der Waals surface area contributed by atoms with Crippen LogP contribution in [0.25, 0.3) is 16.9 Å². The molecule has 0 bridgehead atoms. The zero-order chi connectivity index (χ0) is 22.0. The predicted molar refractivity (Wildman–Crippen MR) is 120 cm³/mol. The van der Waals surface area contributed by atoms with Gasteiger partial charge in [-0.15, -0.1) is 0 Å². The number of fused-ring (bicyclic) bond motifs is 1. The summed E-state index contributed by atoms with van der Waals surface area (Å²) in [5, 5.41) is 17.8. The Morgan fingerprint density at radius 2 is 1.77 bits per heavy atom. The summed E-state index contributed by atoms with van der Waals surface area (Å²) in [6.45, 7) is 4.34. The minimum Gasteiger partial charge on any atom is -0.507 e. The van der Waals surface area contributed by atoms with Gasteiger partial charge in [0, 0.05) is 30.3 Å². The second kappa shape index (κ2) is 8.37. The van der Waals surface area contributed by atoms with E-state index in [0.717, 1.165) is 11.1 Å². The van der Waals surface area contributed by atoms with E-state index in [2.05, 4.69) is 20.1 Å². The highest BCUT2D eigenvalue weighted by Gasteiger charge is 2.15. The van der Waals surface area contributed by atoms with Crippen LogP contribution in [-0.4, -0.2) is 41.2 Å². The summed E-state index contributed by atoms with van der Waals surface area (Å²) in [6, 6.07) is 15.5. The van der Waals surface area contributed by atoms with Crippen LogP contribution in [0.2, 0.25) is 0 Å². The minimum atomic E-state index is -3.58. The molecule has 0 saturated carbocycles. The van der Waals surface area contributed by atoms with Gasteiger partial charge in [-0.05, 0) is 38.1 Å². The van der Waals surface area contributed by atoms with Crippen molar-refractivity contribution in [3.63, 3.8) is 0 Å². The van der Waals surface area contributed by atoms with Crippen LogP contribution in [0.4, 0.5) is 5.82 Å². The van der Waals surface area contributed by atoms with Gasteiger partial charge in [-0.25, -0.2) is 18.1 Å². The normalized spacial score (nSPS) is 11.7. The Kier molecular flexibility index (Phi) is 5.62. The molecular formula is C22H23N5O3S. The molecule has 4 rings (SSSR count). The van der Waals surface area contributed by atoms with E-state index in [1.165, 1.54) is 0 Å². The molecule has 2 aromatic heterocycles. The van der Waals surface area contributed by atoms with E-state index in [0.29, 0.717) is 29.3 Å². The highest BCUT2D eigenvalue weighted by atomic mass is 32.2. The second-order valence-electron chi connectivity index (χ2n) is 7.24. The fraction of sp³-hybridized carbons (Fsp3) is 0.182. The van der Waals surface area contributed by atoms with Crippen molar-refractivity contribution >= 4 is 21.5 Å². The third-order valence-corrected chi connectivity index (χ3v) is 6.36. The number of aromatic nitrogens is 3. The van der Waals surface area contributed by atoms with Crippen LogP contribution in [0, 0.1) is 13.8 Å². The predicted octanol–water partition coefficient (Wildman–Crippen LogP) is 3.11. The smallest absolute Gasteiger partial charge is 0.240 e. The van der Waals surface area contributed by atoms with Gasteiger partial charge in [-0.1, -0.05) is 29.8 Å². The third kappa shape index (κ3) is 4.37. The molecule has 2 heterocycles. The van der Waals surface area contributed by atoms with Crippen molar-refractivity contribution in [3.05, 3.63) is 71.9 Å². The van der Waals surface area contributed by atoms with Gasteiger partial charge >= 0.3 is 0 Å². The van der Waals surface area contributed by atoms with Crippen LogP contribution in [-0.2, 0) is 10.0 Å². The van der Waals surface area contributed by atoms with Crippen LogP contribution in [0.1, 0.15) is 11.1 Å². The number of para-hydroxylation sites is 1. The van der Waals surface area contributed by atoms with Crippen LogP contribution >= 0.6 is 0 Å². The van der Waals surface area contributed by atoms with Crippen LogP contribution in [0.5, 0.6) is 5.75 Å². The maximum atomic E-state index is 12.5. The number of aromatic hydroxyl groups is 1. The number of nitrogens with zero attached hydrogens (tertiary/aromatic N) is 3. The molecule has 4 aromatic rings. The topological polar surface area (TPSA) is 109 Å². The molecule has 160 valence electrons. The monoisotopic (exact) mass is 437 g/mol. The average molecular weight is 438 g/mol. The van der Waals surface area contributed by atoms with Crippen molar-refractivity contribution in [1.82, 2.24) is 19.3 Å². The van der Waals surface area contributed by atoms with Crippen molar-refractivity contribution in [2.24, 2.45) is 0 Å². The first-order valence-corrected chi connectivity index (χ1v) is 11.3. The van der Waals surface area contributed by atoms with Gasteiger partial charge < -0.3 is 10.4 Å². The van der Waals surface area contributed by atoms with Gasteiger partial charge in [0.25, 0.3) is 0 Å². The van der Waals surface area contributed by atoms with Crippen LogP contribution in [0.15, 0.2) is 65.7 Å². The molecule has 0 amide bonds. The van der Waals surface area contributed by atoms with Gasteiger partial charge in [0.1, 0.15) is 11.6 Å². The van der Waals surface area contributed by atoms with Crippen molar-refractivity contribution in [2.75, 3.05) is 18.4 Å². The molecule has 0 aliphatic rings. The Morgan fingerprint density at radius 3 is 2.52 bits per heavy atom. The minimum absolute atomic E-state index is 0.133. The van der Waals surface area contributed by atoms with E-state index in [9.17, 15) is 13.5 Å². The maximum Gasteiger partial charge on any atom is 0.240 e. The number of aryl methyl sites for hydroxylation is 2. The fourth-order valence-corrected chi connectivity index (χ4v) is 4.24. The van der Waals surface area contributed by atoms with Crippen LogP contribution in [0.3, 0.4) is 0 Å². The average Bonchev–Trinajstić information content (AvgIpc) is 3.13. The number of anilines is 1. The van der Waals surface area contributed by atoms with Crippen molar-refractivity contribution < 1.29 is 13.5 Å². The van der Waals surface area contributed by atoms with E-state index in [1.54, 1.807) is 59.2 Å². The summed E-state index contributed by atoms with van der Waals surface area (Å²) in [7, 11) is -3.58. The quantitative estimate of drug-likeness (QED) is 0.384. The van der Waals surface area contributed by atoms with Gasteiger partial charge in [-0.2, -0.15) is 9.61 Å². The molecule has 0 aliphatic carbocycles. The lowest BCUT2D eigenvalue weighted by Gasteiger charge is -2.12. The lowest BCUT2D eigenvalue weighted by Crippen LogP contribution is -2.29. The number of phenolic OH excluding ortho intramolecular Hbond substituents is 1. The Labute approximate surface area is 180 Å². The molecule has 9 heteroatoms.